The van der Waals surface area contributed by atoms with E-state index < -0.39 is 35.7 Å². The van der Waals surface area contributed by atoms with Crippen LogP contribution in [0.3, 0.4) is 0 Å². The fraction of sp³-hybridized carbons (Fsp3) is 0.548. The number of carbonyl (C=O) groups excluding carboxylic acids is 4. The van der Waals surface area contributed by atoms with Crippen molar-refractivity contribution in [2.24, 2.45) is 0 Å². The van der Waals surface area contributed by atoms with Crippen LogP contribution in [0.15, 0.2) is 36.4 Å². The number of esters is 1. The highest BCUT2D eigenvalue weighted by Crippen LogP contribution is 2.18. The molecule has 0 aliphatic carbocycles. The first-order chi connectivity index (χ1) is 20.4. The molecule has 2 unspecified atom stereocenters. The summed E-state index contributed by atoms with van der Waals surface area (Å²) in [5, 5.41) is 12.6. The summed E-state index contributed by atoms with van der Waals surface area (Å²) in [6.07, 6.45) is -0.189. The second kappa shape index (κ2) is 15.4. The minimum Gasteiger partial charge on any atom is -0.460 e. The summed E-state index contributed by atoms with van der Waals surface area (Å²) < 4.78 is 10.5. The van der Waals surface area contributed by atoms with E-state index >= 15 is 0 Å². The third kappa shape index (κ3) is 10.6. The molecule has 2 N–H and O–H groups in total. The number of amides is 3. The minimum atomic E-state index is -1.04. The van der Waals surface area contributed by atoms with Gasteiger partial charge in [0.15, 0.2) is 5.82 Å². The van der Waals surface area contributed by atoms with Crippen molar-refractivity contribution in [3.63, 3.8) is 0 Å². The molecule has 1 aliphatic heterocycles. The van der Waals surface area contributed by atoms with Crippen molar-refractivity contribution < 1.29 is 33.8 Å². The quantitative estimate of drug-likeness (QED) is 0.373. The van der Waals surface area contributed by atoms with E-state index in [4.69, 9.17) is 9.47 Å². The lowest BCUT2D eigenvalue weighted by molar-refractivity contribution is -0.155. The van der Waals surface area contributed by atoms with Crippen LogP contribution in [-0.2, 0) is 25.5 Å². The molecule has 0 spiro atoms. The van der Waals surface area contributed by atoms with E-state index in [-0.39, 0.29) is 57.2 Å². The smallest absolute Gasteiger partial charge is 0.409 e. The van der Waals surface area contributed by atoms with Crippen molar-refractivity contribution in [3.05, 3.63) is 47.8 Å². The molecule has 0 saturated carbocycles. The van der Waals surface area contributed by atoms with E-state index in [1.165, 1.54) is 4.90 Å². The Balaban J connectivity index is 1.83. The van der Waals surface area contributed by atoms with Crippen LogP contribution in [0, 0.1) is 0 Å². The number of aryl methyl sites for hydroxylation is 1. The molecule has 2 atom stereocenters. The van der Waals surface area contributed by atoms with Crippen molar-refractivity contribution in [1.29, 1.82) is 0 Å². The molecule has 12 heteroatoms. The maximum absolute atomic E-state index is 13.7. The molecule has 0 bridgehead atoms. The summed E-state index contributed by atoms with van der Waals surface area (Å²) >= 11 is 0. The number of hydrogen-bond acceptors (Lipinski definition) is 9. The maximum Gasteiger partial charge on any atom is 0.409 e. The Kier molecular flexibility index (Phi) is 12.0. The van der Waals surface area contributed by atoms with E-state index in [1.54, 1.807) is 45.6 Å². The highest BCUT2D eigenvalue weighted by atomic mass is 16.6. The first-order valence-corrected chi connectivity index (χ1v) is 14.7. The van der Waals surface area contributed by atoms with Gasteiger partial charge in [-0.3, -0.25) is 14.4 Å². The second-order valence-electron chi connectivity index (χ2n) is 11.5. The number of carbonyl (C=O) groups is 4. The number of aliphatic hydroxyl groups is 1. The number of aromatic nitrogens is 2. The largest absolute Gasteiger partial charge is 0.460 e. The van der Waals surface area contributed by atoms with Gasteiger partial charge in [-0.25, -0.2) is 14.8 Å². The Morgan fingerprint density at radius 1 is 1.00 bits per heavy atom. The topological polar surface area (TPSA) is 151 Å². The zero-order chi connectivity index (χ0) is 31.6. The molecule has 3 amide bonds. The summed E-state index contributed by atoms with van der Waals surface area (Å²) in [6, 6.07) is 9.73. The number of ether oxygens (including phenoxy) is 2. The van der Waals surface area contributed by atoms with Gasteiger partial charge >= 0.3 is 12.1 Å². The lowest BCUT2D eigenvalue weighted by atomic mass is 10.1. The van der Waals surface area contributed by atoms with Gasteiger partial charge in [-0.2, -0.15) is 0 Å². The van der Waals surface area contributed by atoms with Gasteiger partial charge in [0.25, 0.3) is 5.91 Å². The summed E-state index contributed by atoms with van der Waals surface area (Å²) in [7, 11) is 0. The third-order valence-corrected chi connectivity index (χ3v) is 6.64. The summed E-state index contributed by atoms with van der Waals surface area (Å²) in [5.74, 6) is -1.10. The molecule has 1 aromatic heterocycles. The molecule has 0 radical (unpaired) electrons. The highest BCUT2D eigenvalue weighted by molar-refractivity contribution is 5.96. The fourth-order valence-electron chi connectivity index (χ4n) is 4.50. The molecular weight excluding hydrogens is 554 g/mol. The number of hydrogen-bond donors (Lipinski definition) is 2. The van der Waals surface area contributed by atoms with E-state index in [9.17, 15) is 24.3 Å². The Morgan fingerprint density at radius 2 is 1.65 bits per heavy atom. The molecule has 1 fully saturated rings. The lowest BCUT2D eigenvalue weighted by Crippen LogP contribution is -2.56. The first-order valence-electron chi connectivity index (χ1n) is 14.7. The van der Waals surface area contributed by atoms with E-state index in [0.29, 0.717) is 29.9 Å². The zero-order valence-corrected chi connectivity index (χ0v) is 25.7. The normalized spacial score (nSPS) is 14.9. The van der Waals surface area contributed by atoms with Crippen LogP contribution in [0.2, 0.25) is 0 Å². The maximum atomic E-state index is 13.7. The molecule has 2 aromatic rings. The molecule has 43 heavy (non-hydrogen) atoms. The Labute approximate surface area is 252 Å². The van der Waals surface area contributed by atoms with Crippen LogP contribution in [0.25, 0.3) is 11.4 Å². The molecule has 1 aromatic carbocycles. The number of nitrogens with zero attached hydrogens (tertiary/aromatic N) is 4. The average molecular weight is 598 g/mol. The van der Waals surface area contributed by atoms with Crippen molar-refractivity contribution in [2.45, 2.75) is 78.0 Å². The van der Waals surface area contributed by atoms with Gasteiger partial charge in [0.2, 0.25) is 5.91 Å². The van der Waals surface area contributed by atoms with Gasteiger partial charge in [0, 0.05) is 43.9 Å². The molecule has 234 valence electrons. The molecule has 1 saturated heterocycles. The van der Waals surface area contributed by atoms with E-state index in [1.807, 2.05) is 30.3 Å². The van der Waals surface area contributed by atoms with Crippen LogP contribution in [0.4, 0.5) is 4.79 Å². The number of rotatable bonds is 11. The van der Waals surface area contributed by atoms with E-state index in [0.717, 1.165) is 0 Å². The molecule has 3 rings (SSSR count). The van der Waals surface area contributed by atoms with Gasteiger partial charge in [0.05, 0.1) is 12.7 Å². The van der Waals surface area contributed by atoms with Crippen LogP contribution in [0.1, 0.15) is 70.1 Å². The van der Waals surface area contributed by atoms with Gasteiger partial charge < -0.3 is 29.7 Å². The van der Waals surface area contributed by atoms with Crippen molar-refractivity contribution in [1.82, 2.24) is 25.1 Å². The Morgan fingerprint density at radius 3 is 2.26 bits per heavy atom. The fourth-order valence-corrected chi connectivity index (χ4v) is 4.50. The minimum absolute atomic E-state index is 0.0170. The summed E-state index contributed by atoms with van der Waals surface area (Å²) in [6.45, 7) is 10.0. The van der Waals surface area contributed by atoms with E-state index in [2.05, 4.69) is 15.3 Å². The average Bonchev–Trinajstić information content (AvgIpc) is 2.97. The number of piperazine rings is 1. The van der Waals surface area contributed by atoms with Gasteiger partial charge in [-0.05, 0) is 59.9 Å². The van der Waals surface area contributed by atoms with Gasteiger partial charge in [-0.15, -0.1) is 0 Å². The van der Waals surface area contributed by atoms with Crippen LogP contribution in [-0.4, -0.2) is 99.3 Å². The molecule has 12 nitrogen and oxygen atoms in total. The Hall–Kier alpha value is -4.06. The van der Waals surface area contributed by atoms with Crippen molar-refractivity contribution in [3.8, 4) is 11.4 Å². The van der Waals surface area contributed by atoms with Gasteiger partial charge in [0.1, 0.15) is 17.3 Å². The SMILES string of the molecule is CCOC(=O)N1CCN(C(=O)C(CCC(=O)OC(C)(C)C)NC(=O)c2cc(CCC(C)O)nc(-c3ccccc3)n2)CC1. The second-order valence-corrected chi connectivity index (χ2v) is 11.5. The molecular formula is C31H43N5O7. The van der Waals surface area contributed by atoms with Crippen molar-refractivity contribution in [2.75, 3.05) is 32.8 Å². The number of nitrogens with one attached hydrogen (secondary N) is 1. The predicted octanol–water partition coefficient (Wildman–Crippen LogP) is 2.98. The van der Waals surface area contributed by atoms with Crippen LogP contribution >= 0.6 is 0 Å². The lowest BCUT2D eigenvalue weighted by Gasteiger charge is -2.36. The standard InChI is InChI=1S/C31H43N5O7/c1-6-42-30(41)36-18-16-35(17-19-36)29(40)24(14-15-26(38)43-31(3,4)5)34-28(39)25-20-23(13-12-21(2)37)32-27(33-25)22-10-8-7-9-11-22/h7-11,20-21,24,37H,6,12-19H2,1-5H3,(H,34,39). The Bertz CT molecular complexity index is 1250. The van der Waals surface area contributed by atoms with Crippen LogP contribution < -0.4 is 5.32 Å². The van der Waals surface area contributed by atoms with Gasteiger partial charge in [-0.1, -0.05) is 30.3 Å². The highest BCUT2D eigenvalue weighted by Gasteiger charge is 2.32. The van der Waals surface area contributed by atoms with Crippen molar-refractivity contribution >= 4 is 23.9 Å². The third-order valence-electron chi connectivity index (χ3n) is 6.64. The zero-order valence-electron chi connectivity index (χ0n) is 25.7. The molecule has 2 heterocycles. The van der Waals surface area contributed by atoms with Crippen LogP contribution in [0.5, 0.6) is 0 Å². The molecule has 1 aliphatic rings. The predicted molar refractivity (Wildman–Crippen MR) is 159 cm³/mol. The number of aliphatic hydroxyl groups excluding tert-OH is 1. The number of benzene rings is 1. The monoisotopic (exact) mass is 597 g/mol. The summed E-state index contributed by atoms with van der Waals surface area (Å²) in [4.78, 5) is 64.1. The first kappa shape index (κ1) is 33.4. The summed E-state index contributed by atoms with van der Waals surface area (Å²) in [5.41, 5.74) is 0.663.